The Labute approximate surface area is 134 Å². The summed E-state index contributed by atoms with van der Waals surface area (Å²) in [7, 11) is 0. The number of allylic oxidation sites excluding steroid dienone is 4. The van der Waals surface area contributed by atoms with Crippen LogP contribution in [0.4, 0.5) is 4.39 Å². The molecule has 1 heterocycles. The number of hydrogen-bond acceptors (Lipinski definition) is 3. The number of halogens is 1. The van der Waals surface area contributed by atoms with E-state index in [1.165, 1.54) is 6.08 Å². The lowest BCUT2D eigenvalue weighted by Gasteiger charge is -2.12. The van der Waals surface area contributed by atoms with Crippen LogP contribution in [0.5, 0.6) is 0 Å². The Morgan fingerprint density at radius 3 is 3.09 bits per heavy atom. The Morgan fingerprint density at radius 2 is 2.35 bits per heavy atom. The number of ether oxygens (including phenoxy) is 1. The zero-order chi connectivity index (χ0) is 16.2. The number of esters is 1. The zero-order valence-corrected chi connectivity index (χ0v) is 13.0. The molecule has 23 heavy (non-hydrogen) atoms. The minimum Gasteiger partial charge on any atom is -0.466 e. The van der Waals surface area contributed by atoms with Gasteiger partial charge in [0.1, 0.15) is 5.83 Å². The Balaban J connectivity index is 1.80. The summed E-state index contributed by atoms with van der Waals surface area (Å²) >= 11 is 0. The third-order valence-corrected chi connectivity index (χ3v) is 4.00. The van der Waals surface area contributed by atoms with Gasteiger partial charge in [0.2, 0.25) is 0 Å². The number of aryl methyl sites for hydroxylation is 1. The van der Waals surface area contributed by atoms with Crippen molar-refractivity contribution in [2.45, 2.75) is 32.1 Å². The summed E-state index contributed by atoms with van der Waals surface area (Å²) in [6.07, 6.45) is 6.55. The average Bonchev–Trinajstić information content (AvgIpc) is 2.97. The van der Waals surface area contributed by atoms with Crippen molar-refractivity contribution in [3.05, 3.63) is 53.5 Å². The largest absolute Gasteiger partial charge is 0.466 e. The predicted molar refractivity (Wildman–Crippen MR) is 86.7 cm³/mol. The standard InChI is InChI=1S/C18H19FN2O2/c1-2-23-17(22)10-4-12-3-9-16-15(11-12)18(21-20-16)13-5-7-14(19)8-6-13/h3,5,7-9,11,13H,2,4,6,10H2,1H3,(H,20,21). The number of carbonyl (C=O) groups is 1. The van der Waals surface area contributed by atoms with Gasteiger partial charge >= 0.3 is 5.97 Å². The van der Waals surface area contributed by atoms with Crippen LogP contribution < -0.4 is 0 Å². The van der Waals surface area contributed by atoms with Crippen LogP contribution in [0.3, 0.4) is 0 Å². The van der Waals surface area contributed by atoms with E-state index in [9.17, 15) is 9.18 Å². The van der Waals surface area contributed by atoms with Gasteiger partial charge < -0.3 is 4.74 Å². The number of aromatic nitrogens is 2. The number of fused-ring (bicyclic) bond motifs is 1. The van der Waals surface area contributed by atoms with E-state index in [-0.39, 0.29) is 17.7 Å². The SMILES string of the molecule is CCOC(=O)CCc1ccc2n[nH]c(C3C=CC(F)=CC3)c2c1. The summed E-state index contributed by atoms with van der Waals surface area (Å²) in [6, 6.07) is 5.97. The lowest BCUT2D eigenvalue weighted by Crippen LogP contribution is -2.05. The van der Waals surface area contributed by atoms with Crippen molar-refractivity contribution in [1.82, 2.24) is 10.2 Å². The molecule has 3 rings (SSSR count). The Hall–Kier alpha value is -2.43. The maximum absolute atomic E-state index is 13.1. The van der Waals surface area contributed by atoms with Crippen molar-refractivity contribution < 1.29 is 13.9 Å². The monoisotopic (exact) mass is 314 g/mol. The molecule has 1 unspecified atom stereocenters. The summed E-state index contributed by atoms with van der Waals surface area (Å²) in [6.45, 7) is 2.21. The first-order valence-corrected chi connectivity index (χ1v) is 7.83. The van der Waals surface area contributed by atoms with Crippen LogP contribution in [-0.4, -0.2) is 22.8 Å². The van der Waals surface area contributed by atoms with Gasteiger partial charge in [-0.05, 0) is 49.6 Å². The van der Waals surface area contributed by atoms with Crippen molar-refractivity contribution >= 4 is 16.9 Å². The van der Waals surface area contributed by atoms with Gasteiger partial charge in [0.25, 0.3) is 0 Å². The molecule has 0 fully saturated rings. The first-order chi connectivity index (χ1) is 11.2. The number of carbonyl (C=O) groups excluding carboxylic acids is 1. The highest BCUT2D eigenvalue weighted by Gasteiger charge is 2.17. The summed E-state index contributed by atoms with van der Waals surface area (Å²) in [5, 5.41) is 8.40. The van der Waals surface area contributed by atoms with E-state index in [1.807, 2.05) is 18.2 Å². The third kappa shape index (κ3) is 3.50. The highest BCUT2D eigenvalue weighted by atomic mass is 19.1. The molecule has 1 aliphatic carbocycles. The fourth-order valence-corrected chi connectivity index (χ4v) is 2.80. The summed E-state index contributed by atoms with van der Waals surface area (Å²) in [5.74, 6) is -0.282. The third-order valence-electron chi connectivity index (χ3n) is 4.00. The molecule has 5 heteroatoms. The van der Waals surface area contributed by atoms with Crippen LogP contribution in [0.2, 0.25) is 0 Å². The van der Waals surface area contributed by atoms with E-state index < -0.39 is 0 Å². The van der Waals surface area contributed by atoms with Gasteiger partial charge in [-0.3, -0.25) is 9.89 Å². The van der Waals surface area contributed by atoms with Crippen molar-refractivity contribution in [2.24, 2.45) is 0 Å². The fourth-order valence-electron chi connectivity index (χ4n) is 2.80. The molecule has 2 aromatic rings. The van der Waals surface area contributed by atoms with E-state index in [4.69, 9.17) is 4.74 Å². The second-order valence-corrected chi connectivity index (χ2v) is 5.58. The molecule has 0 spiro atoms. The molecule has 0 saturated carbocycles. The minimum atomic E-state index is -0.194. The lowest BCUT2D eigenvalue weighted by molar-refractivity contribution is -0.143. The predicted octanol–water partition coefficient (Wildman–Crippen LogP) is 3.96. The van der Waals surface area contributed by atoms with Crippen LogP contribution >= 0.6 is 0 Å². The fraction of sp³-hybridized carbons (Fsp3) is 0.333. The first-order valence-electron chi connectivity index (χ1n) is 7.83. The summed E-state index contributed by atoms with van der Waals surface area (Å²) < 4.78 is 18.1. The van der Waals surface area contributed by atoms with Crippen molar-refractivity contribution in [1.29, 1.82) is 0 Å². The number of nitrogens with zero attached hydrogens (tertiary/aromatic N) is 1. The highest BCUT2D eigenvalue weighted by molar-refractivity contribution is 5.83. The van der Waals surface area contributed by atoms with E-state index in [0.717, 1.165) is 22.2 Å². The van der Waals surface area contributed by atoms with Crippen molar-refractivity contribution in [2.75, 3.05) is 6.61 Å². The topological polar surface area (TPSA) is 55.0 Å². The summed E-state index contributed by atoms with van der Waals surface area (Å²) in [4.78, 5) is 11.5. The number of nitrogens with one attached hydrogen (secondary N) is 1. The van der Waals surface area contributed by atoms with Crippen LogP contribution in [0.15, 0.2) is 42.3 Å². The van der Waals surface area contributed by atoms with Gasteiger partial charge in [-0.1, -0.05) is 12.1 Å². The number of H-pyrrole nitrogens is 1. The van der Waals surface area contributed by atoms with Gasteiger partial charge in [0, 0.05) is 17.7 Å². The Morgan fingerprint density at radius 1 is 1.48 bits per heavy atom. The summed E-state index contributed by atoms with van der Waals surface area (Å²) in [5.41, 5.74) is 2.93. The van der Waals surface area contributed by atoms with Crippen LogP contribution in [0.25, 0.3) is 10.9 Å². The quantitative estimate of drug-likeness (QED) is 0.850. The molecule has 0 bridgehead atoms. The van der Waals surface area contributed by atoms with E-state index in [1.54, 1.807) is 13.0 Å². The molecule has 4 nitrogen and oxygen atoms in total. The van der Waals surface area contributed by atoms with Gasteiger partial charge in [0.15, 0.2) is 0 Å². The van der Waals surface area contributed by atoms with Crippen LogP contribution in [0.1, 0.15) is 36.9 Å². The van der Waals surface area contributed by atoms with Gasteiger partial charge in [0.05, 0.1) is 17.8 Å². The number of rotatable bonds is 5. The van der Waals surface area contributed by atoms with Gasteiger partial charge in [-0.25, -0.2) is 4.39 Å². The molecule has 0 saturated heterocycles. The first kappa shape index (κ1) is 15.5. The van der Waals surface area contributed by atoms with E-state index >= 15 is 0 Å². The molecule has 1 aromatic carbocycles. The molecule has 1 aromatic heterocycles. The molecule has 1 N–H and O–H groups in total. The molecule has 0 amide bonds. The normalized spacial score (nSPS) is 17.3. The van der Waals surface area contributed by atoms with E-state index in [0.29, 0.717) is 25.9 Å². The van der Waals surface area contributed by atoms with E-state index in [2.05, 4.69) is 16.3 Å². The number of aromatic amines is 1. The molecule has 120 valence electrons. The van der Waals surface area contributed by atoms with Crippen molar-refractivity contribution in [3.8, 4) is 0 Å². The molecule has 0 aliphatic heterocycles. The maximum atomic E-state index is 13.1. The Kier molecular flexibility index (Phi) is 4.55. The average molecular weight is 314 g/mol. The molecule has 1 atom stereocenters. The zero-order valence-electron chi connectivity index (χ0n) is 13.0. The minimum absolute atomic E-state index is 0.0970. The molecule has 1 aliphatic rings. The second-order valence-electron chi connectivity index (χ2n) is 5.58. The smallest absolute Gasteiger partial charge is 0.306 e. The van der Waals surface area contributed by atoms with Gasteiger partial charge in [-0.15, -0.1) is 0 Å². The number of benzene rings is 1. The molecular formula is C18H19FN2O2. The van der Waals surface area contributed by atoms with Crippen LogP contribution in [-0.2, 0) is 16.0 Å². The van der Waals surface area contributed by atoms with Gasteiger partial charge in [-0.2, -0.15) is 5.10 Å². The second kappa shape index (κ2) is 6.77. The number of hydrogen-bond donors (Lipinski definition) is 1. The lowest BCUT2D eigenvalue weighted by atomic mass is 9.94. The van der Waals surface area contributed by atoms with Crippen molar-refractivity contribution in [3.63, 3.8) is 0 Å². The molecule has 0 radical (unpaired) electrons. The maximum Gasteiger partial charge on any atom is 0.306 e. The Bertz CT molecular complexity index is 776. The highest BCUT2D eigenvalue weighted by Crippen LogP contribution is 2.31. The van der Waals surface area contributed by atoms with Crippen LogP contribution in [0, 0.1) is 0 Å². The molecular weight excluding hydrogens is 295 g/mol.